The lowest BCUT2D eigenvalue weighted by Crippen LogP contribution is -2.04. The van der Waals surface area contributed by atoms with Crippen LogP contribution in [0, 0.1) is 24.0 Å². The van der Waals surface area contributed by atoms with Crippen LogP contribution in [0.1, 0.15) is 22.0 Å². The van der Waals surface area contributed by atoms with Gasteiger partial charge in [0.15, 0.2) is 6.29 Å². The predicted octanol–water partition coefficient (Wildman–Crippen LogP) is 1.60. The SMILES string of the molecule is Cc1nc(C)n(-c2ccc([N+](=O)[O-])cc2C=O)n1. The van der Waals surface area contributed by atoms with E-state index in [-0.39, 0.29) is 11.3 Å². The van der Waals surface area contributed by atoms with Gasteiger partial charge in [-0.1, -0.05) is 0 Å². The summed E-state index contributed by atoms with van der Waals surface area (Å²) in [4.78, 5) is 25.2. The standard InChI is InChI=1S/C11H10N4O3/c1-7-12-8(2)14(13-7)11-4-3-10(15(17)18)5-9(11)6-16/h3-6H,1-2H3. The molecule has 1 aromatic heterocycles. The average Bonchev–Trinajstić information content (AvgIpc) is 2.67. The molecule has 0 unspecified atom stereocenters. The van der Waals surface area contributed by atoms with Crippen LogP contribution in [0.3, 0.4) is 0 Å². The van der Waals surface area contributed by atoms with Crippen molar-refractivity contribution >= 4 is 12.0 Å². The number of carbonyl (C=O) groups excluding carboxylic acids is 1. The lowest BCUT2D eigenvalue weighted by molar-refractivity contribution is -0.384. The van der Waals surface area contributed by atoms with Crippen LogP contribution in [-0.4, -0.2) is 26.0 Å². The third kappa shape index (κ3) is 1.97. The average molecular weight is 246 g/mol. The molecule has 0 radical (unpaired) electrons. The van der Waals surface area contributed by atoms with E-state index in [9.17, 15) is 14.9 Å². The number of aromatic nitrogens is 3. The number of nitro benzene ring substituents is 1. The van der Waals surface area contributed by atoms with Crippen LogP contribution < -0.4 is 0 Å². The van der Waals surface area contributed by atoms with Crippen molar-refractivity contribution in [2.24, 2.45) is 0 Å². The maximum atomic E-state index is 11.0. The first-order chi connectivity index (χ1) is 8.52. The normalized spacial score (nSPS) is 10.3. The Morgan fingerprint density at radius 3 is 2.61 bits per heavy atom. The second kappa shape index (κ2) is 4.36. The lowest BCUT2D eigenvalue weighted by Gasteiger charge is -2.05. The minimum absolute atomic E-state index is 0.129. The molecule has 92 valence electrons. The van der Waals surface area contributed by atoms with Crippen molar-refractivity contribution in [3.05, 3.63) is 45.5 Å². The number of non-ortho nitro benzene ring substituents is 1. The summed E-state index contributed by atoms with van der Waals surface area (Å²) in [5.74, 6) is 1.19. The minimum atomic E-state index is -0.545. The highest BCUT2D eigenvalue weighted by Gasteiger charge is 2.14. The molecule has 7 heteroatoms. The number of nitrogens with zero attached hydrogens (tertiary/aromatic N) is 4. The van der Waals surface area contributed by atoms with E-state index >= 15 is 0 Å². The largest absolute Gasteiger partial charge is 0.298 e. The van der Waals surface area contributed by atoms with Crippen molar-refractivity contribution in [3.63, 3.8) is 0 Å². The van der Waals surface area contributed by atoms with Gasteiger partial charge in [0.25, 0.3) is 5.69 Å². The zero-order chi connectivity index (χ0) is 13.3. The highest BCUT2D eigenvalue weighted by molar-refractivity contribution is 5.82. The number of aryl methyl sites for hydroxylation is 2. The summed E-state index contributed by atoms with van der Waals surface area (Å²) in [6.07, 6.45) is 0.568. The zero-order valence-corrected chi connectivity index (χ0v) is 9.82. The molecule has 2 aromatic rings. The summed E-state index contributed by atoms with van der Waals surface area (Å²) < 4.78 is 1.49. The topological polar surface area (TPSA) is 90.9 Å². The number of nitro groups is 1. The van der Waals surface area contributed by atoms with Crippen molar-refractivity contribution in [1.29, 1.82) is 0 Å². The summed E-state index contributed by atoms with van der Waals surface area (Å²) in [7, 11) is 0. The Kier molecular flexibility index (Phi) is 2.88. The summed E-state index contributed by atoms with van der Waals surface area (Å²) in [5.41, 5.74) is 0.557. The van der Waals surface area contributed by atoms with E-state index in [1.165, 1.54) is 22.9 Å². The smallest absolute Gasteiger partial charge is 0.270 e. The second-order valence-electron chi connectivity index (χ2n) is 3.74. The molecule has 1 heterocycles. The van der Waals surface area contributed by atoms with Gasteiger partial charge in [0.05, 0.1) is 10.6 Å². The molecule has 0 saturated carbocycles. The van der Waals surface area contributed by atoms with Crippen molar-refractivity contribution in [2.75, 3.05) is 0 Å². The van der Waals surface area contributed by atoms with Gasteiger partial charge >= 0.3 is 0 Å². The van der Waals surface area contributed by atoms with Gasteiger partial charge in [0.1, 0.15) is 11.6 Å². The Balaban J connectivity index is 2.61. The zero-order valence-electron chi connectivity index (χ0n) is 9.82. The van der Waals surface area contributed by atoms with E-state index in [1.54, 1.807) is 13.8 Å². The first-order valence-corrected chi connectivity index (χ1v) is 5.17. The molecule has 1 aromatic carbocycles. The number of hydrogen-bond donors (Lipinski definition) is 0. The molecule has 0 amide bonds. The van der Waals surface area contributed by atoms with Crippen molar-refractivity contribution in [3.8, 4) is 5.69 Å². The second-order valence-corrected chi connectivity index (χ2v) is 3.74. The van der Waals surface area contributed by atoms with Gasteiger partial charge in [-0.15, -0.1) is 0 Å². The summed E-state index contributed by atoms with van der Waals surface area (Å²) in [6.45, 7) is 3.48. The van der Waals surface area contributed by atoms with E-state index in [0.29, 0.717) is 23.6 Å². The number of carbonyl (C=O) groups is 1. The number of hydrogen-bond acceptors (Lipinski definition) is 5. The molecule has 0 spiro atoms. The van der Waals surface area contributed by atoms with Crippen LogP contribution >= 0.6 is 0 Å². The van der Waals surface area contributed by atoms with Gasteiger partial charge in [0.2, 0.25) is 0 Å². The lowest BCUT2D eigenvalue weighted by atomic mass is 10.1. The van der Waals surface area contributed by atoms with E-state index in [4.69, 9.17) is 0 Å². The van der Waals surface area contributed by atoms with Crippen molar-refractivity contribution < 1.29 is 9.72 Å². The van der Waals surface area contributed by atoms with Crippen LogP contribution in [0.25, 0.3) is 5.69 Å². The summed E-state index contributed by atoms with van der Waals surface area (Å²) in [6, 6.07) is 4.04. The molecule has 2 rings (SSSR count). The molecular formula is C11H10N4O3. The van der Waals surface area contributed by atoms with Crippen LogP contribution in [0.5, 0.6) is 0 Å². The Morgan fingerprint density at radius 1 is 1.39 bits per heavy atom. The van der Waals surface area contributed by atoms with Gasteiger partial charge in [-0.05, 0) is 19.9 Å². The molecular weight excluding hydrogens is 236 g/mol. The monoisotopic (exact) mass is 246 g/mol. The van der Waals surface area contributed by atoms with Gasteiger partial charge < -0.3 is 0 Å². The van der Waals surface area contributed by atoms with Gasteiger partial charge in [0, 0.05) is 17.7 Å². The summed E-state index contributed by atoms with van der Waals surface area (Å²) in [5, 5.41) is 14.8. The van der Waals surface area contributed by atoms with Gasteiger partial charge in [-0.2, -0.15) is 5.10 Å². The molecule has 0 bridgehead atoms. The molecule has 0 N–H and O–H groups in total. The third-order valence-corrected chi connectivity index (χ3v) is 2.45. The molecule has 18 heavy (non-hydrogen) atoms. The highest BCUT2D eigenvalue weighted by atomic mass is 16.6. The van der Waals surface area contributed by atoms with Crippen LogP contribution in [-0.2, 0) is 0 Å². The molecule has 0 fully saturated rings. The van der Waals surface area contributed by atoms with Crippen LogP contribution in [0.15, 0.2) is 18.2 Å². The van der Waals surface area contributed by atoms with Crippen LogP contribution in [0.2, 0.25) is 0 Å². The van der Waals surface area contributed by atoms with E-state index in [2.05, 4.69) is 10.1 Å². The first kappa shape index (κ1) is 11.9. The molecule has 0 aliphatic rings. The van der Waals surface area contributed by atoms with E-state index in [1.807, 2.05) is 0 Å². The number of aldehydes is 1. The fourth-order valence-corrected chi connectivity index (χ4v) is 1.69. The Morgan fingerprint density at radius 2 is 2.11 bits per heavy atom. The molecule has 0 aliphatic heterocycles. The Bertz CT molecular complexity index is 633. The Labute approximate surface area is 102 Å². The minimum Gasteiger partial charge on any atom is -0.298 e. The molecule has 7 nitrogen and oxygen atoms in total. The van der Waals surface area contributed by atoms with Crippen molar-refractivity contribution in [2.45, 2.75) is 13.8 Å². The third-order valence-electron chi connectivity index (χ3n) is 2.45. The maximum absolute atomic E-state index is 11.0. The highest BCUT2D eigenvalue weighted by Crippen LogP contribution is 2.20. The number of rotatable bonds is 3. The van der Waals surface area contributed by atoms with Crippen molar-refractivity contribution in [1.82, 2.24) is 14.8 Å². The number of benzene rings is 1. The van der Waals surface area contributed by atoms with E-state index < -0.39 is 4.92 Å². The first-order valence-electron chi connectivity index (χ1n) is 5.17. The molecule has 0 aliphatic carbocycles. The molecule has 0 atom stereocenters. The van der Waals surface area contributed by atoms with E-state index in [0.717, 1.165) is 0 Å². The summed E-state index contributed by atoms with van der Waals surface area (Å²) >= 11 is 0. The predicted molar refractivity (Wildman–Crippen MR) is 62.9 cm³/mol. The fourth-order valence-electron chi connectivity index (χ4n) is 1.69. The molecule has 0 saturated heterocycles. The maximum Gasteiger partial charge on any atom is 0.270 e. The quantitative estimate of drug-likeness (QED) is 0.466. The fraction of sp³-hybridized carbons (Fsp3) is 0.182. The van der Waals surface area contributed by atoms with Gasteiger partial charge in [-0.3, -0.25) is 14.9 Å². The van der Waals surface area contributed by atoms with Gasteiger partial charge in [-0.25, -0.2) is 9.67 Å². The Hall–Kier alpha value is -2.57. The van der Waals surface area contributed by atoms with Crippen LogP contribution in [0.4, 0.5) is 5.69 Å².